The fraction of sp³-hybridized carbons (Fsp3) is 0.500. The Bertz CT molecular complexity index is 849. The third-order valence-electron chi connectivity index (χ3n) is 6.57. The summed E-state index contributed by atoms with van der Waals surface area (Å²) in [6.07, 6.45) is 1.12. The lowest BCUT2D eigenvalue weighted by atomic mass is 9.95. The lowest BCUT2D eigenvalue weighted by Crippen LogP contribution is -2.63. The first-order valence-electron chi connectivity index (χ1n) is 10.9. The van der Waals surface area contributed by atoms with Gasteiger partial charge >= 0.3 is 0 Å². The van der Waals surface area contributed by atoms with Gasteiger partial charge in [0.25, 0.3) is 0 Å². The molecule has 30 heavy (non-hydrogen) atoms. The van der Waals surface area contributed by atoms with Crippen molar-refractivity contribution in [2.45, 2.75) is 62.6 Å². The van der Waals surface area contributed by atoms with E-state index in [1.165, 1.54) is 0 Å². The number of nitrogens with zero attached hydrogens (tertiary/aromatic N) is 1. The molecule has 7 atom stereocenters. The predicted molar refractivity (Wildman–Crippen MR) is 108 cm³/mol. The van der Waals surface area contributed by atoms with Crippen LogP contribution in [0.2, 0.25) is 0 Å². The van der Waals surface area contributed by atoms with Crippen molar-refractivity contribution < 1.29 is 23.7 Å². The molecule has 0 amide bonds. The molecule has 2 aromatic rings. The topological polar surface area (TPSA) is 49.4 Å². The van der Waals surface area contributed by atoms with E-state index in [2.05, 4.69) is 17.0 Å². The van der Waals surface area contributed by atoms with Crippen molar-refractivity contribution in [3.8, 4) is 0 Å². The first-order chi connectivity index (χ1) is 14.9. The fourth-order valence-electron chi connectivity index (χ4n) is 5.16. The first-order valence-corrected chi connectivity index (χ1v) is 10.9. The van der Waals surface area contributed by atoms with Gasteiger partial charge in [-0.25, -0.2) is 0 Å². The molecule has 6 rings (SSSR count). The number of benzene rings is 2. The molecule has 6 nitrogen and oxygen atoms in total. The van der Waals surface area contributed by atoms with Crippen LogP contribution in [-0.4, -0.2) is 54.9 Å². The summed E-state index contributed by atoms with van der Waals surface area (Å²) < 4.78 is 31.7. The van der Waals surface area contributed by atoms with E-state index in [1.54, 1.807) is 0 Å². The molecule has 4 fully saturated rings. The Labute approximate surface area is 176 Å². The molecule has 0 unspecified atom stereocenters. The molecule has 2 aromatic carbocycles. The highest BCUT2D eigenvalue weighted by Crippen LogP contribution is 2.43. The highest BCUT2D eigenvalue weighted by molar-refractivity contribution is 5.17. The molecule has 4 aliphatic heterocycles. The van der Waals surface area contributed by atoms with Crippen molar-refractivity contribution >= 4 is 0 Å². The summed E-state index contributed by atoms with van der Waals surface area (Å²) in [4.78, 5) is 2.41. The van der Waals surface area contributed by atoms with Crippen LogP contribution in [0.15, 0.2) is 60.7 Å². The van der Waals surface area contributed by atoms with Crippen molar-refractivity contribution in [2.24, 2.45) is 0 Å². The van der Waals surface area contributed by atoms with Crippen molar-refractivity contribution in [3.05, 3.63) is 71.8 Å². The van der Waals surface area contributed by atoms with E-state index in [0.29, 0.717) is 13.2 Å². The van der Waals surface area contributed by atoms with E-state index in [9.17, 15) is 0 Å². The summed E-state index contributed by atoms with van der Waals surface area (Å²) in [5.41, 5.74) is 2.16. The molecule has 0 aromatic heterocycles. The van der Waals surface area contributed by atoms with Crippen molar-refractivity contribution in [1.29, 1.82) is 0 Å². The van der Waals surface area contributed by atoms with E-state index in [4.69, 9.17) is 23.7 Å². The molecular formula is C24H27NO5. The van der Waals surface area contributed by atoms with Crippen LogP contribution in [0.5, 0.6) is 0 Å². The third kappa shape index (κ3) is 3.38. The molecule has 4 saturated heterocycles. The Hall–Kier alpha value is -1.80. The second-order valence-electron chi connectivity index (χ2n) is 8.44. The third-order valence-corrected chi connectivity index (χ3v) is 6.57. The zero-order chi connectivity index (χ0) is 19.9. The van der Waals surface area contributed by atoms with Crippen LogP contribution >= 0.6 is 0 Å². The molecular weight excluding hydrogens is 382 g/mol. The molecule has 0 bridgehead atoms. The Balaban J connectivity index is 1.23. The molecule has 0 spiro atoms. The summed E-state index contributed by atoms with van der Waals surface area (Å²) in [6, 6.07) is 20.3. The van der Waals surface area contributed by atoms with E-state index in [0.717, 1.165) is 30.5 Å². The van der Waals surface area contributed by atoms with Crippen LogP contribution in [0.25, 0.3) is 0 Å². The normalized spacial score (nSPS) is 38.1. The standard InChI is InChI=1S/C24H27NO5/c1-3-8-16(9-4-1)14-26-24-20-22(29-19-12-7-13-25(19)20)21-18(28-24)15-27-23(30-21)17-10-5-2-6-11-17/h1-6,8-11,18-24H,7,12-15H2/t18-,19-,20-,21-,22+,23-,24-/m1/s1. The summed E-state index contributed by atoms with van der Waals surface area (Å²) >= 11 is 0. The maximum Gasteiger partial charge on any atom is 0.184 e. The maximum absolute atomic E-state index is 6.51. The summed E-state index contributed by atoms with van der Waals surface area (Å²) in [7, 11) is 0. The van der Waals surface area contributed by atoms with Crippen LogP contribution < -0.4 is 0 Å². The highest BCUT2D eigenvalue weighted by Gasteiger charge is 2.59. The van der Waals surface area contributed by atoms with E-state index >= 15 is 0 Å². The zero-order valence-corrected chi connectivity index (χ0v) is 16.8. The van der Waals surface area contributed by atoms with Crippen LogP contribution in [0.3, 0.4) is 0 Å². The van der Waals surface area contributed by atoms with Gasteiger partial charge in [0.15, 0.2) is 12.6 Å². The zero-order valence-electron chi connectivity index (χ0n) is 16.8. The van der Waals surface area contributed by atoms with E-state index in [-0.39, 0.29) is 36.9 Å². The van der Waals surface area contributed by atoms with Crippen molar-refractivity contribution in [1.82, 2.24) is 4.90 Å². The lowest BCUT2D eigenvalue weighted by Gasteiger charge is -2.47. The van der Waals surface area contributed by atoms with Crippen LogP contribution in [0.1, 0.15) is 30.3 Å². The molecule has 4 aliphatic rings. The molecule has 6 heteroatoms. The second kappa shape index (κ2) is 8.04. The summed E-state index contributed by atoms with van der Waals surface area (Å²) in [5.74, 6) is 0. The van der Waals surface area contributed by atoms with Crippen molar-refractivity contribution in [3.63, 3.8) is 0 Å². The minimum atomic E-state index is -0.391. The van der Waals surface area contributed by atoms with Gasteiger partial charge in [0.2, 0.25) is 0 Å². The van der Waals surface area contributed by atoms with Gasteiger partial charge in [-0.1, -0.05) is 60.7 Å². The Kier molecular flexibility index (Phi) is 5.07. The van der Waals surface area contributed by atoms with Gasteiger partial charge in [0.05, 0.1) is 19.3 Å². The van der Waals surface area contributed by atoms with Gasteiger partial charge in [-0.2, -0.15) is 0 Å². The number of rotatable bonds is 4. The Morgan fingerprint density at radius 2 is 1.70 bits per heavy atom. The van der Waals surface area contributed by atoms with Crippen LogP contribution in [0, 0.1) is 0 Å². The molecule has 0 N–H and O–H groups in total. The van der Waals surface area contributed by atoms with Crippen LogP contribution in [-0.2, 0) is 30.3 Å². The van der Waals surface area contributed by atoms with Gasteiger partial charge < -0.3 is 23.7 Å². The van der Waals surface area contributed by atoms with E-state index < -0.39 is 6.29 Å². The average Bonchev–Trinajstić information content (AvgIpc) is 3.40. The lowest BCUT2D eigenvalue weighted by molar-refractivity contribution is -0.343. The highest BCUT2D eigenvalue weighted by atomic mass is 16.8. The number of ether oxygens (including phenoxy) is 5. The fourth-order valence-corrected chi connectivity index (χ4v) is 5.16. The quantitative estimate of drug-likeness (QED) is 0.773. The first kappa shape index (κ1) is 18.9. The van der Waals surface area contributed by atoms with Crippen LogP contribution in [0.4, 0.5) is 0 Å². The summed E-state index contributed by atoms with van der Waals surface area (Å²) in [6.45, 7) is 1.99. The minimum absolute atomic E-state index is 0.0389. The molecule has 0 radical (unpaired) electrons. The van der Waals surface area contributed by atoms with Gasteiger partial charge in [-0.05, 0) is 18.4 Å². The molecule has 0 aliphatic carbocycles. The number of hydrogen-bond acceptors (Lipinski definition) is 6. The van der Waals surface area contributed by atoms with Gasteiger partial charge in [-0.15, -0.1) is 0 Å². The molecule has 4 heterocycles. The molecule has 0 saturated carbocycles. The predicted octanol–water partition coefficient (Wildman–Crippen LogP) is 3.23. The second-order valence-corrected chi connectivity index (χ2v) is 8.44. The monoisotopic (exact) mass is 409 g/mol. The number of fused-ring (bicyclic) bond motifs is 5. The van der Waals surface area contributed by atoms with Gasteiger partial charge in [0, 0.05) is 12.1 Å². The minimum Gasteiger partial charge on any atom is -0.355 e. The molecule has 158 valence electrons. The Morgan fingerprint density at radius 1 is 0.900 bits per heavy atom. The largest absolute Gasteiger partial charge is 0.355 e. The van der Waals surface area contributed by atoms with E-state index in [1.807, 2.05) is 48.5 Å². The Morgan fingerprint density at radius 3 is 2.53 bits per heavy atom. The maximum atomic E-state index is 6.51. The van der Waals surface area contributed by atoms with Crippen molar-refractivity contribution in [2.75, 3.05) is 13.2 Å². The summed E-state index contributed by atoms with van der Waals surface area (Å²) in [5, 5.41) is 0. The average molecular weight is 409 g/mol. The smallest absolute Gasteiger partial charge is 0.184 e. The van der Waals surface area contributed by atoms with Gasteiger partial charge in [0.1, 0.15) is 24.5 Å². The van der Waals surface area contributed by atoms with Gasteiger partial charge in [-0.3, -0.25) is 4.90 Å². The number of hydrogen-bond donors (Lipinski definition) is 0. The SMILES string of the molecule is c1ccc(CO[C@@H]2O[C@@H]3CO[C@@H](c4ccccc4)O[C@H]3[C@H]3O[C@@H]4CCCN4[C@@H]23)cc1.